The molecule has 16 aromatic rings. The van der Waals surface area contributed by atoms with Gasteiger partial charge in [-0.15, -0.1) is 0 Å². The van der Waals surface area contributed by atoms with Gasteiger partial charge in [0.2, 0.25) is 0 Å². The number of aromatic nitrogens is 2. The van der Waals surface area contributed by atoms with E-state index < -0.39 is 0 Å². The molecular formula is C72H44N2O2. The maximum atomic E-state index is 6.27. The van der Waals surface area contributed by atoms with Crippen LogP contribution in [0.5, 0.6) is 0 Å². The van der Waals surface area contributed by atoms with Crippen LogP contribution in [0.1, 0.15) is 0 Å². The third-order valence-electron chi connectivity index (χ3n) is 15.7. The number of furan rings is 2. The Labute approximate surface area is 437 Å². The Bertz CT molecular complexity index is 4680. The fourth-order valence-corrected chi connectivity index (χ4v) is 12.0. The highest BCUT2D eigenvalue weighted by atomic mass is 16.3. The topological polar surface area (TPSA) is 36.1 Å². The summed E-state index contributed by atoms with van der Waals surface area (Å²) in [5.74, 6) is 0. The van der Waals surface area contributed by atoms with Crippen molar-refractivity contribution in [3.63, 3.8) is 0 Å². The molecule has 4 heteroatoms. The van der Waals surface area contributed by atoms with Crippen molar-refractivity contribution in [2.24, 2.45) is 0 Å². The number of para-hydroxylation sites is 2. The van der Waals surface area contributed by atoms with Crippen LogP contribution in [0.2, 0.25) is 0 Å². The van der Waals surface area contributed by atoms with Gasteiger partial charge in [0.05, 0.1) is 22.1 Å². The minimum absolute atomic E-state index is 0.890. The van der Waals surface area contributed by atoms with Crippen LogP contribution in [0.3, 0.4) is 0 Å². The standard InChI is InChI=1S/C72H44N2O2/c1-3-13-45(14-4-1)51-25-31-65-59(39-51)61-41-53(27-33-67(61)73(65)55-29-35-71-63(43-55)57-21-7-9-23-69(57)75-71)49-19-11-17-47(37-49)48-18-12-20-50(38-48)54-28-34-68-62(42-54)60-40-52(46-15-5-2-6-16-46)26-32-66(60)74(68)56-30-36-72-64(44-56)58-22-8-10-24-70(58)76-72/h1-44H. The molecule has 0 N–H and O–H groups in total. The number of nitrogens with zero attached hydrogens (tertiary/aromatic N) is 2. The molecule has 0 atom stereocenters. The zero-order chi connectivity index (χ0) is 49.8. The molecule has 0 fully saturated rings. The molecule has 0 bridgehead atoms. The van der Waals surface area contributed by atoms with E-state index in [4.69, 9.17) is 8.83 Å². The number of benzene rings is 12. The zero-order valence-electron chi connectivity index (χ0n) is 41.1. The van der Waals surface area contributed by atoms with E-state index in [9.17, 15) is 0 Å². The second-order valence-electron chi connectivity index (χ2n) is 20.0. The summed E-state index contributed by atoms with van der Waals surface area (Å²) in [6.07, 6.45) is 0. The number of fused-ring (bicyclic) bond motifs is 12. The Morgan fingerprint density at radius 3 is 0.868 bits per heavy atom. The van der Waals surface area contributed by atoms with Crippen LogP contribution >= 0.6 is 0 Å². The lowest BCUT2D eigenvalue weighted by atomic mass is 9.95. The van der Waals surface area contributed by atoms with Gasteiger partial charge in [0.1, 0.15) is 22.3 Å². The lowest BCUT2D eigenvalue weighted by molar-refractivity contribution is 0.668. The predicted octanol–water partition coefficient (Wildman–Crippen LogP) is 20.0. The molecule has 76 heavy (non-hydrogen) atoms. The number of hydrogen-bond acceptors (Lipinski definition) is 2. The highest BCUT2D eigenvalue weighted by Crippen LogP contribution is 2.42. The van der Waals surface area contributed by atoms with Crippen molar-refractivity contribution in [1.82, 2.24) is 9.13 Å². The van der Waals surface area contributed by atoms with E-state index >= 15 is 0 Å². The first-order valence-corrected chi connectivity index (χ1v) is 26.0. The van der Waals surface area contributed by atoms with Crippen molar-refractivity contribution in [2.75, 3.05) is 0 Å². The van der Waals surface area contributed by atoms with Crippen molar-refractivity contribution in [1.29, 1.82) is 0 Å². The van der Waals surface area contributed by atoms with Crippen molar-refractivity contribution in [3.8, 4) is 67.0 Å². The smallest absolute Gasteiger partial charge is 0.135 e. The zero-order valence-corrected chi connectivity index (χ0v) is 41.1. The molecule has 0 amide bonds. The molecular weight excluding hydrogens is 925 g/mol. The van der Waals surface area contributed by atoms with Crippen LogP contribution in [0, 0.1) is 0 Å². The summed E-state index contributed by atoms with van der Waals surface area (Å²) < 4.78 is 17.3. The van der Waals surface area contributed by atoms with Crippen LogP contribution in [-0.4, -0.2) is 9.13 Å². The molecule has 0 spiro atoms. The second kappa shape index (κ2) is 16.7. The quantitative estimate of drug-likeness (QED) is 0.160. The summed E-state index contributed by atoms with van der Waals surface area (Å²) in [6.45, 7) is 0. The van der Waals surface area contributed by atoms with E-state index in [0.717, 1.165) is 77.3 Å². The molecule has 0 aliphatic carbocycles. The van der Waals surface area contributed by atoms with Crippen molar-refractivity contribution < 1.29 is 8.83 Å². The Morgan fingerprint density at radius 1 is 0.184 bits per heavy atom. The summed E-state index contributed by atoms with van der Waals surface area (Å²) in [6, 6.07) is 96.8. The van der Waals surface area contributed by atoms with E-state index in [1.165, 1.54) is 77.2 Å². The number of hydrogen-bond donors (Lipinski definition) is 0. The van der Waals surface area contributed by atoms with Crippen molar-refractivity contribution >= 4 is 87.5 Å². The van der Waals surface area contributed by atoms with Crippen molar-refractivity contribution in [3.05, 3.63) is 267 Å². The first-order chi connectivity index (χ1) is 37.6. The summed E-state index contributed by atoms with van der Waals surface area (Å²) >= 11 is 0. The Morgan fingerprint density at radius 2 is 0.487 bits per heavy atom. The second-order valence-corrected chi connectivity index (χ2v) is 20.0. The molecule has 0 saturated carbocycles. The Balaban J connectivity index is 0.802. The fraction of sp³-hybridized carbons (Fsp3) is 0. The third-order valence-corrected chi connectivity index (χ3v) is 15.7. The molecule has 4 nitrogen and oxygen atoms in total. The maximum absolute atomic E-state index is 6.27. The van der Waals surface area contributed by atoms with E-state index in [-0.39, 0.29) is 0 Å². The van der Waals surface area contributed by atoms with Crippen LogP contribution in [0.15, 0.2) is 276 Å². The molecule has 0 aliphatic heterocycles. The van der Waals surface area contributed by atoms with Crippen LogP contribution in [0.4, 0.5) is 0 Å². The van der Waals surface area contributed by atoms with Gasteiger partial charge < -0.3 is 18.0 Å². The lowest BCUT2D eigenvalue weighted by Gasteiger charge is -2.11. The van der Waals surface area contributed by atoms with Gasteiger partial charge in [0.25, 0.3) is 0 Å². The maximum Gasteiger partial charge on any atom is 0.135 e. The summed E-state index contributed by atoms with van der Waals surface area (Å²) in [5.41, 5.74) is 22.2. The van der Waals surface area contributed by atoms with E-state index in [2.05, 4.69) is 252 Å². The molecule has 16 rings (SSSR count). The van der Waals surface area contributed by atoms with E-state index in [0.29, 0.717) is 0 Å². The first kappa shape index (κ1) is 42.4. The third kappa shape index (κ3) is 6.71. The molecule has 0 saturated heterocycles. The Kier molecular flexibility index (Phi) is 9.30. The van der Waals surface area contributed by atoms with Gasteiger partial charge in [-0.3, -0.25) is 0 Å². The van der Waals surface area contributed by atoms with E-state index in [1.807, 2.05) is 24.3 Å². The molecule has 0 aliphatic rings. The van der Waals surface area contributed by atoms with Gasteiger partial charge in [0, 0.05) is 54.5 Å². The normalized spacial score (nSPS) is 11.9. The SMILES string of the molecule is c1ccc(-c2ccc3c(c2)c2cc(-c4cccc(-c5cccc(-c6ccc7c(c6)c6cc(-c8ccccc8)ccc6n7-c6ccc7oc8ccccc8c7c6)c5)c4)ccc2n3-c2ccc3oc4ccccc4c3c2)cc1. The van der Waals surface area contributed by atoms with Gasteiger partial charge in [-0.05, 0) is 165 Å². The largest absolute Gasteiger partial charge is 0.456 e. The lowest BCUT2D eigenvalue weighted by Crippen LogP contribution is -1.93. The van der Waals surface area contributed by atoms with Gasteiger partial charge in [0.15, 0.2) is 0 Å². The molecule has 354 valence electrons. The summed E-state index contributed by atoms with van der Waals surface area (Å²) in [5, 5.41) is 9.30. The minimum atomic E-state index is 0.890. The van der Waals surface area contributed by atoms with Crippen LogP contribution < -0.4 is 0 Å². The van der Waals surface area contributed by atoms with Crippen LogP contribution in [-0.2, 0) is 0 Å². The molecule has 4 aromatic heterocycles. The average molecular weight is 969 g/mol. The highest BCUT2D eigenvalue weighted by molar-refractivity contribution is 6.14. The molecule has 0 radical (unpaired) electrons. The fourth-order valence-electron chi connectivity index (χ4n) is 12.0. The highest BCUT2D eigenvalue weighted by Gasteiger charge is 2.19. The van der Waals surface area contributed by atoms with Gasteiger partial charge >= 0.3 is 0 Å². The predicted molar refractivity (Wildman–Crippen MR) is 317 cm³/mol. The minimum Gasteiger partial charge on any atom is -0.456 e. The monoisotopic (exact) mass is 968 g/mol. The molecule has 12 aromatic carbocycles. The summed E-state index contributed by atoms with van der Waals surface area (Å²) in [4.78, 5) is 0. The van der Waals surface area contributed by atoms with Gasteiger partial charge in [-0.1, -0.05) is 158 Å². The van der Waals surface area contributed by atoms with Gasteiger partial charge in [-0.25, -0.2) is 0 Å². The molecule has 0 unspecified atom stereocenters. The first-order valence-electron chi connectivity index (χ1n) is 26.0. The average Bonchev–Trinajstić information content (AvgIpc) is 4.25. The molecule has 4 heterocycles. The Hall–Kier alpha value is -10.2. The van der Waals surface area contributed by atoms with E-state index in [1.54, 1.807) is 0 Å². The summed E-state index contributed by atoms with van der Waals surface area (Å²) in [7, 11) is 0. The van der Waals surface area contributed by atoms with Crippen LogP contribution in [0.25, 0.3) is 154 Å². The van der Waals surface area contributed by atoms with Gasteiger partial charge in [-0.2, -0.15) is 0 Å². The van der Waals surface area contributed by atoms with Crippen molar-refractivity contribution in [2.45, 2.75) is 0 Å². The number of rotatable bonds is 7.